The summed E-state index contributed by atoms with van der Waals surface area (Å²) >= 11 is 1.32. The standard InChI is InChI=1S/C20H21F2N3O3S/c1-27-17-10-13(2-5-16(17)28-20(21)22)12-25(15-3-4-15)8-6-18(26)24-19-14(11-23)7-9-29-19/h2,5,7,9-10,15,20H,3-4,6,8,12H2,1H3,(H,24,26). The zero-order valence-corrected chi connectivity index (χ0v) is 16.7. The molecule has 0 unspecified atom stereocenters. The molecule has 0 atom stereocenters. The Hall–Kier alpha value is -2.70. The monoisotopic (exact) mass is 421 g/mol. The van der Waals surface area contributed by atoms with Crippen LogP contribution in [0.1, 0.15) is 30.4 Å². The third-order valence-electron chi connectivity index (χ3n) is 4.56. The molecule has 1 aliphatic rings. The van der Waals surface area contributed by atoms with Gasteiger partial charge in [0.15, 0.2) is 11.5 Å². The number of carbonyl (C=O) groups is 1. The first-order chi connectivity index (χ1) is 14.0. The highest BCUT2D eigenvalue weighted by atomic mass is 32.1. The molecule has 1 N–H and O–H groups in total. The Bertz CT molecular complexity index is 893. The van der Waals surface area contributed by atoms with Crippen LogP contribution in [-0.4, -0.2) is 37.1 Å². The number of carbonyl (C=O) groups excluding carboxylic acids is 1. The second kappa shape index (κ2) is 9.67. The molecule has 6 nitrogen and oxygen atoms in total. The van der Waals surface area contributed by atoms with Gasteiger partial charge in [0.25, 0.3) is 0 Å². The SMILES string of the molecule is COc1cc(CN(CCC(=O)Nc2sccc2C#N)C2CC2)ccc1OC(F)F. The van der Waals surface area contributed by atoms with E-state index in [1.807, 2.05) is 0 Å². The van der Waals surface area contributed by atoms with E-state index in [4.69, 9.17) is 10.00 Å². The van der Waals surface area contributed by atoms with Crippen LogP contribution in [0.25, 0.3) is 0 Å². The second-order valence-electron chi connectivity index (χ2n) is 6.64. The number of amides is 1. The molecule has 0 spiro atoms. The first-order valence-electron chi connectivity index (χ1n) is 9.13. The van der Waals surface area contributed by atoms with E-state index in [2.05, 4.69) is 21.0 Å². The summed E-state index contributed by atoms with van der Waals surface area (Å²) in [5.74, 6) is 0.0960. The maximum Gasteiger partial charge on any atom is 0.387 e. The van der Waals surface area contributed by atoms with Gasteiger partial charge in [-0.2, -0.15) is 14.0 Å². The van der Waals surface area contributed by atoms with Crippen molar-refractivity contribution in [2.75, 3.05) is 19.0 Å². The molecule has 0 saturated heterocycles. The Kier molecular flexibility index (Phi) is 7.01. The van der Waals surface area contributed by atoms with Gasteiger partial charge < -0.3 is 14.8 Å². The smallest absolute Gasteiger partial charge is 0.387 e. The number of anilines is 1. The molecule has 0 bridgehead atoms. The maximum absolute atomic E-state index is 12.5. The van der Waals surface area contributed by atoms with Crippen LogP contribution in [0, 0.1) is 11.3 Å². The van der Waals surface area contributed by atoms with Crippen molar-refractivity contribution in [1.82, 2.24) is 4.90 Å². The molecule has 1 saturated carbocycles. The average molecular weight is 421 g/mol. The summed E-state index contributed by atoms with van der Waals surface area (Å²) in [4.78, 5) is 14.5. The number of benzene rings is 1. The van der Waals surface area contributed by atoms with Crippen LogP contribution in [-0.2, 0) is 11.3 Å². The molecule has 0 radical (unpaired) electrons. The van der Waals surface area contributed by atoms with Crippen molar-refractivity contribution in [2.24, 2.45) is 0 Å². The molecule has 1 aliphatic carbocycles. The Labute approximate surface area is 171 Å². The summed E-state index contributed by atoms with van der Waals surface area (Å²) in [5.41, 5.74) is 1.35. The van der Waals surface area contributed by atoms with E-state index in [9.17, 15) is 13.6 Å². The first kappa shape index (κ1) is 21.0. The molecule has 2 aromatic rings. The number of rotatable bonds is 10. The number of halogens is 2. The van der Waals surface area contributed by atoms with Crippen molar-refractivity contribution in [3.8, 4) is 17.6 Å². The highest BCUT2D eigenvalue weighted by molar-refractivity contribution is 7.14. The lowest BCUT2D eigenvalue weighted by Gasteiger charge is -2.22. The van der Waals surface area contributed by atoms with Crippen LogP contribution < -0.4 is 14.8 Å². The Morgan fingerprint density at radius 1 is 1.38 bits per heavy atom. The van der Waals surface area contributed by atoms with Gasteiger partial charge in [-0.15, -0.1) is 11.3 Å². The minimum atomic E-state index is -2.92. The Balaban J connectivity index is 1.59. The van der Waals surface area contributed by atoms with Crippen LogP contribution in [0.3, 0.4) is 0 Å². The number of ether oxygens (including phenoxy) is 2. The van der Waals surface area contributed by atoms with Crippen molar-refractivity contribution in [3.05, 3.63) is 40.8 Å². The number of nitrogens with zero attached hydrogens (tertiary/aromatic N) is 2. The maximum atomic E-state index is 12.5. The summed E-state index contributed by atoms with van der Waals surface area (Å²) in [6, 6.07) is 9.00. The fourth-order valence-corrected chi connectivity index (χ4v) is 3.75. The molecular formula is C20H21F2N3O3S. The fraction of sp³-hybridized carbons (Fsp3) is 0.400. The number of nitrogens with one attached hydrogen (secondary N) is 1. The number of hydrogen-bond donors (Lipinski definition) is 1. The zero-order chi connectivity index (χ0) is 20.8. The van der Waals surface area contributed by atoms with Crippen molar-refractivity contribution in [3.63, 3.8) is 0 Å². The minimum Gasteiger partial charge on any atom is -0.493 e. The van der Waals surface area contributed by atoms with Gasteiger partial charge in [-0.05, 0) is 42.0 Å². The molecule has 1 amide bonds. The molecule has 3 rings (SSSR count). The summed E-state index contributed by atoms with van der Waals surface area (Å²) in [7, 11) is 1.40. The normalized spacial score (nSPS) is 13.4. The number of thiophene rings is 1. The quantitative estimate of drug-likeness (QED) is 0.622. The summed E-state index contributed by atoms with van der Waals surface area (Å²) in [5, 5.41) is 14.1. The number of nitriles is 1. The van der Waals surface area contributed by atoms with Crippen molar-refractivity contribution in [1.29, 1.82) is 5.26 Å². The van der Waals surface area contributed by atoms with Crippen LogP contribution in [0.15, 0.2) is 29.6 Å². The minimum absolute atomic E-state index is 0.00663. The zero-order valence-electron chi connectivity index (χ0n) is 15.9. The lowest BCUT2D eigenvalue weighted by Crippen LogP contribution is -2.29. The van der Waals surface area contributed by atoms with Crippen molar-refractivity contribution >= 4 is 22.2 Å². The van der Waals surface area contributed by atoms with Crippen LogP contribution >= 0.6 is 11.3 Å². The number of hydrogen-bond acceptors (Lipinski definition) is 6. The molecule has 0 aliphatic heterocycles. The van der Waals surface area contributed by atoms with Gasteiger partial charge in [-0.3, -0.25) is 9.69 Å². The molecule has 1 fully saturated rings. The van der Waals surface area contributed by atoms with Gasteiger partial charge in [0.05, 0.1) is 12.7 Å². The molecular weight excluding hydrogens is 400 g/mol. The molecule has 29 heavy (non-hydrogen) atoms. The van der Waals surface area contributed by atoms with Gasteiger partial charge in [0.2, 0.25) is 5.91 Å². The molecule has 9 heteroatoms. The molecule has 154 valence electrons. The van der Waals surface area contributed by atoms with E-state index in [1.165, 1.54) is 24.5 Å². The van der Waals surface area contributed by atoms with E-state index in [-0.39, 0.29) is 17.4 Å². The third kappa shape index (κ3) is 5.89. The van der Waals surface area contributed by atoms with E-state index in [0.29, 0.717) is 36.1 Å². The topological polar surface area (TPSA) is 74.6 Å². The van der Waals surface area contributed by atoms with Gasteiger partial charge in [0, 0.05) is 25.6 Å². The highest BCUT2D eigenvalue weighted by Gasteiger charge is 2.29. The largest absolute Gasteiger partial charge is 0.493 e. The van der Waals surface area contributed by atoms with E-state index < -0.39 is 6.61 Å². The van der Waals surface area contributed by atoms with Crippen molar-refractivity contribution < 1.29 is 23.0 Å². The van der Waals surface area contributed by atoms with E-state index in [1.54, 1.807) is 23.6 Å². The number of methoxy groups -OCH3 is 1. The lowest BCUT2D eigenvalue weighted by molar-refractivity contribution is -0.116. The van der Waals surface area contributed by atoms with Crippen LogP contribution in [0.2, 0.25) is 0 Å². The Morgan fingerprint density at radius 3 is 2.83 bits per heavy atom. The van der Waals surface area contributed by atoms with Gasteiger partial charge in [-0.25, -0.2) is 0 Å². The predicted molar refractivity (Wildman–Crippen MR) is 105 cm³/mol. The summed E-state index contributed by atoms with van der Waals surface area (Å²) < 4.78 is 34.6. The van der Waals surface area contributed by atoms with E-state index >= 15 is 0 Å². The lowest BCUT2D eigenvalue weighted by atomic mass is 10.1. The van der Waals surface area contributed by atoms with Crippen molar-refractivity contribution in [2.45, 2.75) is 38.5 Å². The van der Waals surface area contributed by atoms with E-state index in [0.717, 1.165) is 18.4 Å². The average Bonchev–Trinajstić information content (AvgIpc) is 3.45. The summed E-state index contributed by atoms with van der Waals surface area (Å²) in [6.45, 7) is -1.78. The van der Waals surface area contributed by atoms with Gasteiger partial charge >= 0.3 is 6.61 Å². The van der Waals surface area contributed by atoms with Crippen LogP contribution in [0.4, 0.5) is 13.8 Å². The Morgan fingerprint density at radius 2 is 2.17 bits per heavy atom. The molecule has 1 aromatic heterocycles. The first-order valence-corrected chi connectivity index (χ1v) is 10.0. The summed E-state index contributed by atoms with van der Waals surface area (Å²) in [6.07, 6.45) is 2.42. The van der Waals surface area contributed by atoms with Gasteiger partial charge in [-0.1, -0.05) is 6.07 Å². The third-order valence-corrected chi connectivity index (χ3v) is 5.39. The molecule has 1 aromatic carbocycles. The predicted octanol–water partition coefficient (Wildman–Crippen LogP) is 4.22. The number of alkyl halides is 2. The highest BCUT2D eigenvalue weighted by Crippen LogP contribution is 2.32. The fourth-order valence-electron chi connectivity index (χ4n) is 3.00. The van der Waals surface area contributed by atoms with Gasteiger partial charge in [0.1, 0.15) is 11.1 Å². The van der Waals surface area contributed by atoms with Crippen LogP contribution in [0.5, 0.6) is 11.5 Å². The second-order valence-corrected chi connectivity index (χ2v) is 7.55. The molecule has 1 heterocycles.